The molecule has 0 spiro atoms. The molecule has 1 atom stereocenters. The number of hydrogen-bond acceptors (Lipinski definition) is 6. The summed E-state index contributed by atoms with van der Waals surface area (Å²) in [7, 11) is 0. The van der Waals surface area contributed by atoms with E-state index in [0.717, 1.165) is 29.6 Å². The van der Waals surface area contributed by atoms with Crippen LogP contribution in [0, 0.1) is 6.92 Å². The second-order valence-electron chi connectivity index (χ2n) is 4.68. The number of anilines is 1. The highest BCUT2D eigenvalue weighted by molar-refractivity contribution is 7.15. The highest BCUT2D eigenvalue weighted by atomic mass is 32.1. The van der Waals surface area contributed by atoms with Gasteiger partial charge in [-0.05, 0) is 33.9 Å². The van der Waals surface area contributed by atoms with Crippen LogP contribution in [0.15, 0.2) is 0 Å². The first-order valence-electron chi connectivity index (χ1n) is 7.15. The SMILES string of the molecule is CCOC(=O)c1nc(NC(C)CN(CC)CC)sc1C. The van der Waals surface area contributed by atoms with Crippen LogP contribution in [0.2, 0.25) is 0 Å². The van der Waals surface area contributed by atoms with Gasteiger partial charge in [-0.3, -0.25) is 0 Å². The van der Waals surface area contributed by atoms with E-state index in [1.807, 2.05) is 6.92 Å². The number of nitrogens with one attached hydrogen (secondary N) is 1. The van der Waals surface area contributed by atoms with E-state index < -0.39 is 0 Å². The number of thiazole rings is 1. The fourth-order valence-electron chi connectivity index (χ4n) is 1.97. The Bertz CT molecular complexity index is 430. The number of likely N-dealkylation sites (N-methyl/N-ethyl adjacent to an activating group) is 1. The first kappa shape index (κ1) is 16.9. The zero-order valence-corrected chi connectivity index (χ0v) is 13.8. The van der Waals surface area contributed by atoms with Crippen LogP contribution >= 0.6 is 11.3 Å². The molecule has 0 saturated carbocycles. The van der Waals surface area contributed by atoms with Crippen molar-refractivity contribution in [3.8, 4) is 0 Å². The zero-order chi connectivity index (χ0) is 15.1. The lowest BCUT2D eigenvalue weighted by atomic mass is 10.3. The van der Waals surface area contributed by atoms with Crippen LogP contribution in [0.4, 0.5) is 5.13 Å². The van der Waals surface area contributed by atoms with Crippen LogP contribution in [0.25, 0.3) is 0 Å². The van der Waals surface area contributed by atoms with E-state index in [-0.39, 0.29) is 12.0 Å². The summed E-state index contributed by atoms with van der Waals surface area (Å²) in [6, 6.07) is 0.287. The van der Waals surface area contributed by atoms with E-state index in [1.54, 1.807) is 6.92 Å². The molecule has 0 aromatic carbocycles. The fourth-order valence-corrected chi connectivity index (χ4v) is 2.89. The highest BCUT2D eigenvalue weighted by Crippen LogP contribution is 2.23. The van der Waals surface area contributed by atoms with E-state index in [1.165, 1.54) is 11.3 Å². The molecule has 1 rings (SSSR count). The molecule has 0 bridgehead atoms. The van der Waals surface area contributed by atoms with Crippen molar-refractivity contribution in [2.24, 2.45) is 0 Å². The lowest BCUT2D eigenvalue weighted by Gasteiger charge is -2.23. The summed E-state index contributed by atoms with van der Waals surface area (Å²) >= 11 is 1.50. The minimum atomic E-state index is -0.342. The molecule has 1 aromatic heterocycles. The monoisotopic (exact) mass is 299 g/mol. The lowest BCUT2D eigenvalue weighted by molar-refractivity contribution is 0.0519. The molecule has 20 heavy (non-hydrogen) atoms. The Kier molecular flexibility index (Phi) is 6.95. The molecule has 0 aliphatic rings. The molecule has 0 aliphatic heterocycles. The average molecular weight is 299 g/mol. The standard InChI is InChI=1S/C14H25N3O2S/c1-6-17(7-2)9-10(4)15-14-16-12(11(5)20-14)13(18)19-8-3/h10H,6-9H2,1-5H3,(H,15,16). The van der Waals surface area contributed by atoms with Gasteiger partial charge in [-0.15, -0.1) is 11.3 Å². The van der Waals surface area contributed by atoms with Crippen molar-refractivity contribution in [2.45, 2.75) is 40.7 Å². The van der Waals surface area contributed by atoms with E-state index in [4.69, 9.17) is 4.74 Å². The Labute approximate surface area is 125 Å². The van der Waals surface area contributed by atoms with Crippen molar-refractivity contribution in [1.82, 2.24) is 9.88 Å². The molecule has 0 radical (unpaired) electrons. The third-order valence-electron chi connectivity index (χ3n) is 3.06. The van der Waals surface area contributed by atoms with Crippen molar-refractivity contribution >= 4 is 22.4 Å². The number of carbonyl (C=O) groups is 1. The Hall–Kier alpha value is -1.14. The summed E-state index contributed by atoms with van der Waals surface area (Å²) in [4.78, 5) is 19.3. The van der Waals surface area contributed by atoms with Crippen molar-refractivity contribution < 1.29 is 9.53 Å². The summed E-state index contributed by atoms with van der Waals surface area (Å²) in [5.41, 5.74) is 0.425. The van der Waals surface area contributed by atoms with Crippen LogP contribution in [-0.4, -0.2) is 48.1 Å². The number of carbonyl (C=O) groups excluding carboxylic acids is 1. The second-order valence-corrected chi connectivity index (χ2v) is 5.88. The van der Waals surface area contributed by atoms with Crippen molar-refractivity contribution in [3.63, 3.8) is 0 Å². The lowest BCUT2D eigenvalue weighted by Crippen LogP contribution is -2.34. The van der Waals surface area contributed by atoms with Gasteiger partial charge in [0.25, 0.3) is 0 Å². The second kappa shape index (κ2) is 8.21. The molecule has 1 aromatic rings. The first-order chi connectivity index (χ1) is 9.51. The van der Waals surface area contributed by atoms with E-state index in [0.29, 0.717) is 12.3 Å². The summed E-state index contributed by atoms with van der Waals surface area (Å²) in [6.45, 7) is 13.5. The predicted molar refractivity (Wildman–Crippen MR) is 83.7 cm³/mol. The smallest absolute Gasteiger partial charge is 0.358 e. The molecule has 1 unspecified atom stereocenters. The van der Waals surface area contributed by atoms with Gasteiger partial charge in [0, 0.05) is 17.5 Å². The fraction of sp³-hybridized carbons (Fsp3) is 0.714. The highest BCUT2D eigenvalue weighted by Gasteiger charge is 2.17. The summed E-state index contributed by atoms with van der Waals surface area (Å²) in [6.07, 6.45) is 0. The van der Waals surface area contributed by atoms with Gasteiger partial charge in [-0.25, -0.2) is 9.78 Å². The maximum atomic E-state index is 11.7. The van der Waals surface area contributed by atoms with Gasteiger partial charge in [0.05, 0.1) is 6.61 Å². The van der Waals surface area contributed by atoms with Crippen LogP contribution in [-0.2, 0) is 4.74 Å². The normalized spacial score (nSPS) is 12.5. The van der Waals surface area contributed by atoms with Gasteiger partial charge >= 0.3 is 5.97 Å². The van der Waals surface area contributed by atoms with Crippen LogP contribution in [0.5, 0.6) is 0 Å². The van der Waals surface area contributed by atoms with Gasteiger partial charge in [0.1, 0.15) is 0 Å². The maximum absolute atomic E-state index is 11.7. The van der Waals surface area contributed by atoms with Gasteiger partial charge in [0.15, 0.2) is 10.8 Å². The van der Waals surface area contributed by atoms with Crippen LogP contribution in [0.1, 0.15) is 43.1 Å². The molecule has 1 heterocycles. The van der Waals surface area contributed by atoms with Crippen LogP contribution in [0.3, 0.4) is 0 Å². The minimum absolute atomic E-state index is 0.287. The number of nitrogens with zero attached hydrogens (tertiary/aromatic N) is 2. The first-order valence-corrected chi connectivity index (χ1v) is 7.96. The van der Waals surface area contributed by atoms with Gasteiger partial charge < -0.3 is 15.0 Å². The number of esters is 1. The largest absolute Gasteiger partial charge is 0.461 e. The van der Waals surface area contributed by atoms with E-state index >= 15 is 0 Å². The molecule has 6 heteroatoms. The Morgan fingerprint density at radius 2 is 2.05 bits per heavy atom. The number of aryl methyl sites for hydroxylation is 1. The molecule has 0 fully saturated rings. The maximum Gasteiger partial charge on any atom is 0.358 e. The van der Waals surface area contributed by atoms with E-state index in [9.17, 15) is 4.79 Å². The van der Waals surface area contributed by atoms with Crippen molar-refractivity contribution in [1.29, 1.82) is 0 Å². The van der Waals surface area contributed by atoms with Crippen molar-refractivity contribution in [3.05, 3.63) is 10.6 Å². The topological polar surface area (TPSA) is 54.5 Å². The quantitative estimate of drug-likeness (QED) is 0.748. The molecule has 1 N–H and O–H groups in total. The third-order valence-corrected chi connectivity index (χ3v) is 3.96. The molecular formula is C14H25N3O2S. The van der Waals surface area contributed by atoms with Crippen molar-refractivity contribution in [2.75, 3.05) is 31.6 Å². The van der Waals surface area contributed by atoms with E-state index in [2.05, 4.69) is 36.0 Å². The molecule has 0 amide bonds. The minimum Gasteiger partial charge on any atom is -0.461 e. The number of rotatable bonds is 8. The summed E-state index contributed by atoms with van der Waals surface area (Å²) in [5.74, 6) is -0.342. The molecule has 5 nitrogen and oxygen atoms in total. The van der Waals surface area contributed by atoms with Crippen LogP contribution < -0.4 is 5.32 Å². The summed E-state index contributed by atoms with van der Waals surface area (Å²) < 4.78 is 5.00. The Balaban J connectivity index is 2.64. The number of aromatic nitrogens is 1. The number of ether oxygens (including phenoxy) is 1. The molecular weight excluding hydrogens is 274 g/mol. The molecule has 114 valence electrons. The third kappa shape index (κ3) is 4.76. The van der Waals surface area contributed by atoms with Gasteiger partial charge in [-0.1, -0.05) is 13.8 Å². The van der Waals surface area contributed by atoms with Gasteiger partial charge in [-0.2, -0.15) is 0 Å². The molecule has 0 aliphatic carbocycles. The average Bonchev–Trinajstić information content (AvgIpc) is 2.77. The predicted octanol–water partition coefficient (Wildman–Crippen LogP) is 2.77. The zero-order valence-electron chi connectivity index (χ0n) is 13.0. The Morgan fingerprint density at radius 3 is 2.60 bits per heavy atom. The Morgan fingerprint density at radius 1 is 1.40 bits per heavy atom. The molecule has 0 saturated heterocycles. The summed E-state index contributed by atoms with van der Waals surface area (Å²) in [5, 5.41) is 4.14. The number of hydrogen-bond donors (Lipinski definition) is 1. The van der Waals surface area contributed by atoms with Gasteiger partial charge in [0.2, 0.25) is 0 Å².